The molecule has 1 aromatic carbocycles. The number of hydrogen-bond acceptors (Lipinski definition) is 7. The van der Waals surface area contributed by atoms with E-state index in [1.54, 1.807) is 0 Å². The van der Waals surface area contributed by atoms with Gasteiger partial charge in [0, 0.05) is 0 Å². The summed E-state index contributed by atoms with van der Waals surface area (Å²) in [6, 6.07) is 6.15. The quantitative estimate of drug-likeness (QED) is 0.220. The summed E-state index contributed by atoms with van der Waals surface area (Å²) in [5.74, 6) is 1.45. The van der Waals surface area contributed by atoms with Crippen LogP contribution < -0.4 is 4.74 Å². The Kier molecular flexibility index (Phi) is 10.9. The van der Waals surface area contributed by atoms with Crippen molar-refractivity contribution in [3.8, 4) is 5.75 Å². The number of esters is 1. The van der Waals surface area contributed by atoms with Crippen LogP contribution in [0.2, 0.25) is 0 Å². The molecule has 7 heteroatoms. The number of piperidine rings is 1. The summed E-state index contributed by atoms with van der Waals surface area (Å²) in [6.45, 7) is 3.14. The van der Waals surface area contributed by atoms with Crippen molar-refractivity contribution in [2.75, 3.05) is 27.3 Å². The molecule has 0 spiro atoms. The van der Waals surface area contributed by atoms with E-state index in [-0.39, 0.29) is 36.7 Å². The van der Waals surface area contributed by atoms with E-state index in [4.69, 9.17) is 14.2 Å². The Balaban J connectivity index is 1.38. The molecule has 38 heavy (non-hydrogen) atoms. The first-order valence-corrected chi connectivity index (χ1v) is 14.9. The van der Waals surface area contributed by atoms with E-state index in [1.807, 2.05) is 12.1 Å². The lowest BCUT2D eigenvalue weighted by Crippen LogP contribution is -2.46. The van der Waals surface area contributed by atoms with Crippen LogP contribution in [0, 0.1) is 17.8 Å². The van der Waals surface area contributed by atoms with E-state index in [1.165, 1.54) is 31.1 Å². The smallest absolute Gasteiger partial charge is 0.343 e. The van der Waals surface area contributed by atoms with E-state index in [0.717, 1.165) is 76.5 Å². The number of carbonyl (C=O) groups excluding carboxylic acids is 1. The SMILES string of the molecule is CCCCC[C@@H](CC[C@@H]1[C@H]2Cc3cccc(OCC(=O)OC)c3C[C@H]2C[C@H]1O)OC(O)C1CCCCN1C. The van der Waals surface area contributed by atoms with Crippen molar-refractivity contribution in [2.24, 2.45) is 17.8 Å². The Bertz CT molecular complexity index is 893. The zero-order valence-corrected chi connectivity index (χ0v) is 23.6. The molecular weight excluding hydrogens is 482 g/mol. The van der Waals surface area contributed by atoms with E-state index >= 15 is 0 Å². The molecule has 7 atom stereocenters. The monoisotopic (exact) mass is 531 g/mol. The molecule has 0 aromatic heterocycles. The fourth-order valence-corrected chi connectivity index (χ4v) is 7.16. The molecule has 7 nitrogen and oxygen atoms in total. The largest absolute Gasteiger partial charge is 0.482 e. The molecule has 1 saturated heterocycles. The maximum Gasteiger partial charge on any atom is 0.343 e. The first kappa shape index (κ1) is 29.3. The highest BCUT2D eigenvalue weighted by Gasteiger charge is 2.45. The molecule has 2 aliphatic carbocycles. The second kappa shape index (κ2) is 14.1. The molecule has 3 aliphatic rings. The average Bonchev–Trinajstić information content (AvgIpc) is 3.22. The van der Waals surface area contributed by atoms with E-state index in [2.05, 4.69) is 24.9 Å². The number of hydrogen-bond donors (Lipinski definition) is 2. The third-order valence-corrected chi connectivity index (χ3v) is 9.36. The summed E-state index contributed by atoms with van der Waals surface area (Å²) < 4.78 is 16.9. The van der Waals surface area contributed by atoms with Gasteiger partial charge in [0.05, 0.1) is 25.4 Å². The maximum atomic E-state index is 11.6. The van der Waals surface area contributed by atoms with Gasteiger partial charge in [0.1, 0.15) is 5.75 Å². The Hall–Kier alpha value is -1.67. The Morgan fingerprint density at radius 2 is 2.03 bits per heavy atom. The second-order valence-corrected chi connectivity index (χ2v) is 11.8. The lowest BCUT2D eigenvalue weighted by molar-refractivity contribution is -0.179. The molecule has 214 valence electrons. The second-order valence-electron chi connectivity index (χ2n) is 11.8. The van der Waals surface area contributed by atoms with Gasteiger partial charge in [0.2, 0.25) is 0 Å². The van der Waals surface area contributed by atoms with Crippen LogP contribution in [0.3, 0.4) is 0 Å². The number of aliphatic hydroxyl groups excluding tert-OH is 2. The topological polar surface area (TPSA) is 88.5 Å². The maximum absolute atomic E-state index is 11.6. The van der Waals surface area contributed by atoms with Crippen molar-refractivity contribution < 1.29 is 29.2 Å². The van der Waals surface area contributed by atoms with Crippen molar-refractivity contribution in [3.05, 3.63) is 29.3 Å². The Morgan fingerprint density at radius 1 is 1.18 bits per heavy atom. The predicted octanol–water partition coefficient (Wildman–Crippen LogP) is 4.50. The lowest BCUT2D eigenvalue weighted by atomic mass is 9.73. The molecule has 1 aromatic rings. The predicted molar refractivity (Wildman–Crippen MR) is 147 cm³/mol. The van der Waals surface area contributed by atoms with Gasteiger partial charge in [0.25, 0.3) is 0 Å². The standard InChI is InChI=1S/C31H49NO6/c1-4-5-6-11-23(38-31(35)27-12-7-8-16-32(27)2)14-15-24-25-17-21-10-9-13-29(37-20-30(34)36-3)26(21)18-22(25)19-28(24)33/h9-10,13,22-25,27-28,31,33,35H,4-8,11-12,14-20H2,1-3H3/t22-,23-,24+,25-,27?,28+,31?/m0/s1. The summed E-state index contributed by atoms with van der Waals surface area (Å²) in [4.78, 5) is 13.8. The molecule has 2 unspecified atom stereocenters. The minimum atomic E-state index is -0.752. The van der Waals surface area contributed by atoms with Crippen molar-refractivity contribution in [1.29, 1.82) is 0 Å². The van der Waals surface area contributed by atoms with Crippen molar-refractivity contribution in [2.45, 2.75) is 109 Å². The zero-order valence-electron chi connectivity index (χ0n) is 23.6. The van der Waals surface area contributed by atoms with E-state index < -0.39 is 6.29 Å². The van der Waals surface area contributed by atoms with Crippen molar-refractivity contribution in [3.63, 3.8) is 0 Å². The van der Waals surface area contributed by atoms with Crippen LogP contribution >= 0.6 is 0 Å². The minimum Gasteiger partial charge on any atom is -0.482 e. The van der Waals surface area contributed by atoms with Crippen LogP contribution in [0.4, 0.5) is 0 Å². The van der Waals surface area contributed by atoms with Gasteiger partial charge in [-0.15, -0.1) is 0 Å². The van der Waals surface area contributed by atoms with Gasteiger partial charge in [-0.1, -0.05) is 44.7 Å². The Labute approximate surface area is 228 Å². The Morgan fingerprint density at radius 3 is 2.79 bits per heavy atom. The summed E-state index contributed by atoms with van der Waals surface area (Å²) in [5, 5.41) is 22.1. The normalized spacial score (nSPS) is 28.8. The van der Waals surface area contributed by atoms with E-state index in [9.17, 15) is 15.0 Å². The minimum absolute atomic E-state index is 0.0207. The van der Waals surface area contributed by atoms with Gasteiger partial charge in [0.15, 0.2) is 12.9 Å². The van der Waals surface area contributed by atoms with Crippen LogP contribution in [-0.2, 0) is 27.1 Å². The third-order valence-electron chi connectivity index (χ3n) is 9.36. The number of ether oxygens (including phenoxy) is 3. The molecular formula is C31H49NO6. The number of methoxy groups -OCH3 is 1. The fraction of sp³-hybridized carbons (Fsp3) is 0.774. The number of fused-ring (bicyclic) bond motifs is 2. The fourth-order valence-electron chi connectivity index (χ4n) is 7.16. The summed E-state index contributed by atoms with van der Waals surface area (Å²) in [6.07, 6.45) is 11.1. The first-order chi connectivity index (χ1) is 18.4. The lowest BCUT2D eigenvalue weighted by Gasteiger charge is -2.37. The molecule has 1 saturated carbocycles. The molecule has 0 radical (unpaired) electrons. The van der Waals surface area contributed by atoms with Gasteiger partial charge in [-0.2, -0.15) is 0 Å². The summed E-state index contributed by atoms with van der Waals surface area (Å²) in [7, 11) is 3.45. The zero-order chi connectivity index (χ0) is 27.1. The van der Waals surface area contributed by atoms with Crippen LogP contribution in [-0.4, -0.2) is 72.9 Å². The first-order valence-electron chi connectivity index (χ1n) is 14.9. The molecule has 0 amide bonds. The molecule has 2 N–H and O–H groups in total. The number of unbranched alkanes of at least 4 members (excludes halogenated alkanes) is 2. The third kappa shape index (κ3) is 7.29. The number of aliphatic hydroxyl groups is 2. The number of benzene rings is 1. The van der Waals surface area contributed by atoms with E-state index in [0.29, 0.717) is 11.8 Å². The van der Waals surface area contributed by atoms with Crippen LogP contribution in [0.5, 0.6) is 5.75 Å². The van der Waals surface area contributed by atoms with Crippen LogP contribution in [0.25, 0.3) is 0 Å². The van der Waals surface area contributed by atoms with Gasteiger partial charge >= 0.3 is 5.97 Å². The summed E-state index contributed by atoms with van der Waals surface area (Å²) >= 11 is 0. The summed E-state index contributed by atoms with van der Waals surface area (Å²) in [5.41, 5.74) is 2.44. The number of likely N-dealkylation sites (tertiary alicyclic amines) is 1. The highest BCUT2D eigenvalue weighted by atomic mass is 16.6. The number of carbonyl (C=O) groups is 1. The number of nitrogens with zero attached hydrogens (tertiary/aromatic N) is 1. The molecule has 1 aliphatic heterocycles. The van der Waals surface area contributed by atoms with Gasteiger partial charge in [-0.3, -0.25) is 4.90 Å². The molecule has 2 fully saturated rings. The number of rotatable bonds is 13. The van der Waals surface area contributed by atoms with Gasteiger partial charge < -0.3 is 24.4 Å². The van der Waals surface area contributed by atoms with Crippen LogP contribution in [0.15, 0.2) is 18.2 Å². The molecule has 1 heterocycles. The molecule has 0 bridgehead atoms. The van der Waals surface area contributed by atoms with Crippen molar-refractivity contribution in [1.82, 2.24) is 4.90 Å². The van der Waals surface area contributed by atoms with Crippen molar-refractivity contribution >= 4 is 5.97 Å². The number of likely N-dealkylation sites (N-methyl/N-ethyl adjacent to an activating group) is 1. The van der Waals surface area contributed by atoms with Crippen LogP contribution in [0.1, 0.15) is 82.3 Å². The average molecular weight is 532 g/mol. The van der Waals surface area contributed by atoms with Gasteiger partial charge in [-0.25, -0.2) is 4.79 Å². The highest BCUT2D eigenvalue weighted by Crippen LogP contribution is 2.48. The molecule has 4 rings (SSSR count). The highest BCUT2D eigenvalue weighted by molar-refractivity contribution is 5.71. The van der Waals surface area contributed by atoms with Gasteiger partial charge in [-0.05, 0) is 99.9 Å².